The molecular formula is C30H22N4O8-2. The molecule has 12 nitrogen and oxygen atoms in total. The Morgan fingerprint density at radius 2 is 1.12 bits per heavy atom. The van der Waals surface area contributed by atoms with Gasteiger partial charge in [-0.3, -0.25) is 29.6 Å². The van der Waals surface area contributed by atoms with Gasteiger partial charge in [0.25, 0.3) is 0 Å². The Bertz CT molecular complexity index is 1590. The number of hydrogen-bond acceptors (Lipinski definition) is 10. The monoisotopic (exact) mass is 566 g/mol. The van der Waals surface area contributed by atoms with Crippen molar-refractivity contribution in [2.45, 2.75) is 5.41 Å². The highest BCUT2D eigenvalue weighted by Crippen LogP contribution is 2.65. The van der Waals surface area contributed by atoms with E-state index in [2.05, 4.69) is 0 Å². The molecule has 4 amide bonds. The van der Waals surface area contributed by atoms with E-state index in [-0.39, 0.29) is 33.2 Å². The van der Waals surface area contributed by atoms with Crippen LogP contribution in [0.15, 0.2) is 91.0 Å². The van der Waals surface area contributed by atoms with Crippen molar-refractivity contribution in [2.75, 3.05) is 20.3 Å². The molecule has 0 unspecified atom stereocenters. The van der Waals surface area contributed by atoms with Crippen LogP contribution in [0.5, 0.6) is 0 Å². The fraction of sp³-hybridized carbons (Fsp3) is 0.200. The van der Waals surface area contributed by atoms with Crippen molar-refractivity contribution in [3.8, 4) is 0 Å². The van der Waals surface area contributed by atoms with Crippen LogP contribution in [0.3, 0.4) is 0 Å². The first-order valence-electron chi connectivity index (χ1n) is 13.2. The Hall–Kier alpha value is -4.88. The van der Waals surface area contributed by atoms with E-state index in [1.165, 1.54) is 48.5 Å². The molecule has 12 heteroatoms. The second-order valence-electron chi connectivity index (χ2n) is 10.9. The molecule has 4 atom stereocenters. The lowest BCUT2D eigenvalue weighted by molar-refractivity contribution is -0.140. The van der Waals surface area contributed by atoms with E-state index in [1.807, 2.05) is 0 Å². The molecule has 2 N–H and O–H groups in total. The Labute approximate surface area is 238 Å². The molecule has 8 rings (SSSR count). The number of hydrogen-bond donors (Lipinski definition) is 2. The van der Waals surface area contributed by atoms with Crippen LogP contribution in [0.4, 0.5) is 22.7 Å². The Kier molecular flexibility index (Phi) is 5.62. The lowest BCUT2D eigenvalue weighted by Gasteiger charge is -2.53. The highest BCUT2D eigenvalue weighted by molar-refractivity contribution is 6.27. The number of benzene rings is 3. The molecule has 3 aromatic rings. The van der Waals surface area contributed by atoms with Gasteiger partial charge in [0.2, 0.25) is 23.6 Å². The van der Waals surface area contributed by atoms with Crippen LogP contribution < -0.4 is 20.3 Å². The molecule has 3 aromatic carbocycles. The summed E-state index contributed by atoms with van der Waals surface area (Å²) in [5.41, 5.74) is -0.973. The molecule has 2 saturated heterocycles. The van der Waals surface area contributed by atoms with E-state index in [9.17, 15) is 40.0 Å². The number of nitrogens with zero attached hydrogens (tertiary/aromatic N) is 4. The van der Waals surface area contributed by atoms with Crippen molar-refractivity contribution in [3.63, 3.8) is 0 Å². The quantitative estimate of drug-likeness (QED) is 0.266. The van der Waals surface area contributed by atoms with E-state index in [0.717, 1.165) is 9.80 Å². The average molecular weight is 567 g/mol. The predicted molar refractivity (Wildman–Crippen MR) is 148 cm³/mol. The van der Waals surface area contributed by atoms with Crippen LogP contribution in [0.2, 0.25) is 0 Å². The third-order valence-corrected chi connectivity index (χ3v) is 9.05. The summed E-state index contributed by atoms with van der Waals surface area (Å²) in [4.78, 5) is 58.7. The highest BCUT2D eigenvalue weighted by atomic mass is 16.8. The largest absolute Gasteiger partial charge is 0.733 e. The number of carbonyl (C=O) groups is 4. The first-order chi connectivity index (χ1) is 20.2. The molecule has 2 bridgehead atoms. The summed E-state index contributed by atoms with van der Waals surface area (Å²) in [5, 5.41) is 41.2. The van der Waals surface area contributed by atoms with Crippen molar-refractivity contribution < 1.29 is 29.6 Å². The first kappa shape index (κ1) is 26.0. The molecule has 3 fully saturated rings. The summed E-state index contributed by atoms with van der Waals surface area (Å²) in [5.74, 6) is -7.16. The van der Waals surface area contributed by atoms with Gasteiger partial charge in [-0.05, 0) is 42.0 Å². The maximum atomic E-state index is 14.3. The molecule has 3 aliphatic carbocycles. The van der Waals surface area contributed by atoms with Gasteiger partial charge in [-0.15, -0.1) is 0 Å². The summed E-state index contributed by atoms with van der Waals surface area (Å²) >= 11 is 0. The van der Waals surface area contributed by atoms with Gasteiger partial charge in [0.15, 0.2) is 0 Å². The van der Waals surface area contributed by atoms with Crippen LogP contribution in [0.1, 0.15) is 5.56 Å². The van der Waals surface area contributed by atoms with Crippen LogP contribution in [-0.4, -0.2) is 34.0 Å². The molecule has 0 radical (unpaired) electrons. The Morgan fingerprint density at radius 3 is 1.57 bits per heavy atom. The maximum Gasteiger partial charge on any atom is 0.238 e. The van der Waals surface area contributed by atoms with Crippen molar-refractivity contribution in [3.05, 3.63) is 107 Å². The number of anilines is 4. The molecule has 0 spiro atoms. The molecule has 42 heavy (non-hydrogen) atoms. The minimum Gasteiger partial charge on any atom is -0.733 e. The molecule has 212 valence electrons. The molecular weight excluding hydrogens is 544 g/mol. The first-order valence-corrected chi connectivity index (χ1v) is 13.2. The number of carbonyl (C=O) groups excluding carboxylic acids is 4. The van der Waals surface area contributed by atoms with Gasteiger partial charge in [-0.25, -0.2) is 9.80 Å². The Morgan fingerprint density at radius 1 is 0.643 bits per heavy atom. The molecule has 2 heterocycles. The SMILES string of the molecule is O=C1[C@H]2C3C=CC(c4ccccc4)([C@H]2C(=O)N1c1cccc(N([O-])O)c1)[C@H]1C(=O)N(c2cccc(N([O-])O)c2)C(=O)[C@@H]31. The number of amides is 4. The lowest BCUT2D eigenvalue weighted by Crippen LogP contribution is -2.60. The zero-order chi connectivity index (χ0) is 29.5. The number of imide groups is 2. The fourth-order valence-electron chi connectivity index (χ4n) is 7.49. The van der Waals surface area contributed by atoms with Gasteiger partial charge in [0, 0.05) is 11.3 Å². The van der Waals surface area contributed by atoms with Gasteiger partial charge < -0.3 is 20.9 Å². The summed E-state index contributed by atoms with van der Waals surface area (Å²) in [6.07, 6.45) is 3.51. The van der Waals surface area contributed by atoms with Crippen LogP contribution >= 0.6 is 0 Å². The van der Waals surface area contributed by atoms with E-state index in [0.29, 0.717) is 5.56 Å². The van der Waals surface area contributed by atoms with Crippen molar-refractivity contribution in [1.82, 2.24) is 0 Å². The topological polar surface area (TPSA) is 168 Å². The van der Waals surface area contributed by atoms with E-state index >= 15 is 0 Å². The summed E-state index contributed by atoms with van der Waals surface area (Å²) in [7, 11) is 0. The molecule has 2 aliphatic heterocycles. The van der Waals surface area contributed by atoms with Crippen molar-refractivity contribution in [2.24, 2.45) is 29.6 Å². The second-order valence-corrected chi connectivity index (χ2v) is 10.9. The predicted octanol–water partition coefficient (Wildman–Crippen LogP) is 3.12. The highest BCUT2D eigenvalue weighted by Gasteiger charge is 2.75. The standard InChI is InChI=1S/C30H22N4O8/c35-26-22-21-12-13-30(16-6-2-1-3-7-16,24(22)28(37)31(26)17-8-4-10-19(14-17)33(39)40)25-23(21)27(36)32(29(25)38)18-9-5-11-20(15-18)34(41)42/h1-15,21-25,39,41H/q-2/t21?,22-,23-,24+,25+,30?/m0/s1. The second kappa shape index (κ2) is 9.06. The van der Waals surface area contributed by atoms with Gasteiger partial charge in [-0.2, -0.15) is 0 Å². The van der Waals surface area contributed by atoms with E-state index in [4.69, 9.17) is 0 Å². The number of rotatable bonds is 5. The average Bonchev–Trinajstić information content (AvgIpc) is 3.44. The Balaban J connectivity index is 1.39. The summed E-state index contributed by atoms with van der Waals surface area (Å²) < 4.78 is 0. The van der Waals surface area contributed by atoms with Crippen LogP contribution in [-0.2, 0) is 24.6 Å². The van der Waals surface area contributed by atoms with Crippen molar-refractivity contribution >= 4 is 46.4 Å². The van der Waals surface area contributed by atoms with Gasteiger partial charge in [0.05, 0.1) is 46.4 Å². The summed E-state index contributed by atoms with van der Waals surface area (Å²) in [6, 6.07) is 19.7. The third-order valence-electron chi connectivity index (χ3n) is 9.05. The minimum atomic E-state index is -1.37. The maximum absolute atomic E-state index is 14.3. The van der Waals surface area contributed by atoms with Gasteiger partial charge >= 0.3 is 0 Å². The van der Waals surface area contributed by atoms with Crippen molar-refractivity contribution in [1.29, 1.82) is 0 Å². The van der Waals surface area contributed by atoms with Gasteiger partial charge in [-0.1, -0.05) is 54.6 Å². The molecule has 5 aliphatic rings. The zero-order valence-electron chi connectivity index (χ0n) is 21.7. The minimum absolute atomic E-state index is 0.0850. The normalized spacial score (nSPS) is 29.3. The zero-order valence-corrected chi connectivity index (χ0v) is 21.7. The smallest absolute Gasteiger partial charge is 0.238 e. The third kappa shape index (κ3) is 3.31. The molecule has 0 aromatic heterocycles. The summed E-state index contributed by atoms with van der Waals surface area (Å²) in [6.45, 7) is 0. The number of allylic oxidation sites excluding steroid dienone is 2. The fourth-order valence-corrected chi connectivity index (χ4v) is 7.49. The van der Waals surface area contributed by atoms with E-state index < -0.39 is 58.6 Å². The van der Waals surface area contributed by atoms with Crippen LogP contribution in [0, 0.1) is 40.0 Å². The van der Waals surface area contributed by atoms with Gasteiger partial charge in [0.1, 0.15) is 0 Å². The van der Waals surface area contributed by atoms with E-state index in [1.54, 1.807) is 42.5 Å². The lowest BCUT2D eigenvalue weighted by atomic mass is 9.45. The van der Waals surface area contributed by atoms with Crippen LogP contribution in [0.25, 0.3) is 0 Å². The molecule has 1 saturated carbocycles.